The van der Waals surface area contributed by atoms with Crippen molar-refractivity contribution in [3.05, 3.63) is 51.7 Å². The van der Waals surface area contributed by atoms with Crippen molar-refractivity contribution in [2.75, 3.05) is 26.2 Å². The molecule has 0 atom stereocenters. The molecule has 0 bridgehead atoms. The van der Waals surface area contributed by atoms with Crippen LogP contribution in [0.2, 0.25) is 0 Å². The first-order chi connectivity index (χ1) is 11.3. The summed E-state index contributed by atoms with van der Waals surface area (Å²) >= 11 is 3.28. The average molecular weight is 343 g/mol. The van der Waals surface area contributed by atoms with Crippen molar-refractivity contribution in [3.63, 3.8) is 0 Å². The van der Waals surface area contributed by atoms with E-state index in [0.29, 0.717) is 0 Å². The molecule has 1 amide bonds. The Morgan fingerprint density at radius 2 is 1.91 bits per heavy atom. The lowest BCUT2D eigenvalue weighted by atomic mass is 10.3. The number of thiazole rings is 1. The first kappa shape index (κ1) is 14.8. The monoisotopic (exact) mass is 343 g/mol. The van der Waals surface area contributed by atoms with Crippen LogP contribution in [0.4, 0.5) is 0 Å². The Morgan fingerprint density at radius 1 is 1.09 bits per heavy atom. The molecule has 0 saturated carbocycles. The number of hydrogen-bond donors (Lipinski definition) is 0. The van der Waals surface area contributed by atoms with Crippen molar-refractivity contribution in [3.8, 4) is 0 Å². The van der Waals surface area contributed by atoms with Crippen LogP contribution in [0.5, 0.6) is 0 Å². The molecule has 0 unspecified atom stereocenters. The number of rotatable bonds is 3. The highest BCUT2D eigenvalue weighted by molar-refractivity contribution is 7.18. The fourth-order valence-electron chi connectivity index (χ4n) is 2.84. The molecule has 1 aliphatic rings. The van der Waals surface area contributed by atoms with Gasteiger partial charge in [-0.05, 0) is 23.6 Å². The van der Waals surface area contributed by atoms with E-state index in [4.69, 9.17) is 4.98 Å². The van der Waals surface area contributed by atoms with Gasteiger partial charge in [-0.25, -0.2) is 4.98 Å². The molecule has 1 saturated heterocycles. The van der Waals surface area contributed by atoms with E-state index in [0.717, 1.165) is 48.1 Å². The van der Waals surface area contributed by atoms with Crippen LogP contribution >= 0.6 is 22.7 Å². The van der Waals surface area contributed by atoms with Crippen LogP contribution in [0.15, 0.2) is 41.8 Å². The molecule has 4 rings (SSSR count). The summed E-state index contributed by atoms with van der Waals surface area (Å²) in [6, 6.07) is 12.1. The lowest BCUT2D eigenvalue weighted by Crippen LogP contribution is -2.48. The SMILES string of the molecule is O=C(c1cccs1)N1CCN(Cc2nc3ccccc3s2)CC1. The van der Waals surface area contributed by atoms with Crippen LogP contribution in [0.1, 0.15) is 14.7 Å². The minimum atomic E-state index is 0.166. The minimum absolute atomic E-state index is 0.166. The van der Waals surface area contributed by atoms with E-state index in [9.17, 15) is 4.79 Å². The van der Waals surface area contributed by atoms with E-state index in [1.54, 1.807) is 11.3 Å². The van der Waals surface area contributed by atoms with Gasteiger partial charge in [0, 0.05) is 26.2 Å². The Morgan fingerprint density at radius 3 is 2.65 bits per heavy atom. The Hall–Kier alpha value is -1.76. The third kappa shape index (κ3) is 3.15. The molecule has 0 radical (unpaired) electrons. The van der Waals surface area contributed by atoms with Gasteiger partial charge in [-0.15, -0.1) is 22.7 Å². The highest BCUT2D eigenvalue weighted by Gasteiger charge is 2.23. The molecule has 23 heavy (non-hydrogen) atoms. The molecule has 4 nitrogen and oxygen atoms in total. The number of benzene rings is 1. The topological polar surface area (TPSA) is 36.4 Å². The lowest BCUT2D eigenvalue weighted by Gasteiger charge is -2.34. The highest BCUT2D eigenvalue weighted by atomic mass is 32.1. The maximum atomic E-state index is 12.4. The zero-order valence-corrected chi connectivity index (χ0v) is 14.3. The summed E-state index contributed by atoms with van der Waals surface area (Å²) in [6.45, 7) is 4.28. The molecule has 1 aliphatic heterocycles. The number of aromatic nitrogens is 1. The normalized spacial score (nSPS) is 16.1. The number of amides is 1. The van der Waals surface area contributed by atoms with Crippen molar-refractivity contribution in [2.24, 2.45) is 0 Å². The van der Waals surface area contributed by atoms with Crippen molar-refractivity contribution in [1.29, 1.82) is 0 Å². The van der Waals surface area contributed by atoms with Gasteiger partial charge in [0.2, 0.25) is 0 Å². The van der Waals surface area contributed by atoms with Crippen molar-refractivity contribution >= 4 is 38.8 Å². The van der Waals surface area contributed by atoms with Crippen LogP contribution < -0.4 is 0 Å². The van der Waals surface area contributed by atoms with E-state index >= 15 is 0 Å². The predicted molar refractivity (Wildman–Crippen MR) is 95.1 cm³/mol. The van der Waals surface area contributed by atoms with Gasteiger partial charge in [-0.1, -0.05) is 18.2 Å². The molecule has 1 aromatic carbocycles. The third-order valence-corrected chi connectivity index (χ3v) is 5.97. The predicted octanol–water partition coefficient (Wildman–Crippen LogP) is 3.32. The van der Waals surface area contributed by atoms with E-state index < -0.39 is 0 Å². The van der Waals surface area contributed by atoms with Gasteiger partial charge < -0.3 is 4.90 Å². The zero-order chi connectivity index (χ0) is 15.6. The number of carbonyl (C=O) groups excluding carboxylic acids is 1. The molecule has 1 fully saturated rings. The second-order valence-corrected chi connectivity index (χ2v) is 7.68. The van der Waals surface area contributed by atoms with Crippen molar-refractivity contribution in [2.45, 2.75) is 6.54 Å². The Bertz CT molecular complexity index is 771. The number of nitrogens with zero attached hydrogens (tertiary/aromatic N) is 3. The lowest BCUT2D eigenvalue weighted by molar-refractivity contribution is 0.0633. The Balaban J connectivity index is 1.37. The number of hydrogen-bond acceptors (Lipinski definition) is 5. The summed E-state index contributed by atoms with van der Waals surface area (Å²) in [6.07, 6.45) is 0. The first-order valence-corrected chi connectivity index (χ1v) is 9.39. The van der Waals surface area contributed by atoms with Crippen molar-refractivity contribution in [1.82, 2.24) is 14.8 Å². The van der Waals surface area contributed by atoms with Crippen LogP contribution in [0.3, 0.4) is 0 Å². The quantitative estimate of drug-likeness (QED) is 0.732. The van der Waals surface area contributed by atoms with Gasteiger partial charge >= 0.3 is 0 Å². The smallest absolute Gasteiger partial charge is 0.264 e. The fourth-order valence-corrected chi connectivity index (χ4v) is 4.54. The summed E-state index contributed by atoms with van der Waals surface area (Å²) < 4.78 is 1.24. The summed E-state index contributed by atoms with van der Waals surface area (Å²) in [4.78, 5) is 22.2. The summed E-state index contributed by atoms with van der Waals surface area (Å²) in [7, 11) is 0. The highest BCUT2D eigenvalue weighted by Crippen LogP contribution is 2.23. The molecule has 0 aliphatic carbocycles. The number of carbonyl (C=O) groups is 1. The fraction of sp³-hybridized carbons (Fsp3) is 0.294. The average Bonchev–Trinajstić information content (AvgIpc) is 3.24. The number of fused-ring (bicyclic) bond motifs is 1. The van der Waals surface area contributed by atoms with Gasteiger partial charge in [0.15, 0.2) is 0 Å². The number of para-hydroxylation sites is 1. The second kappa shape index (κ2) is 6.39. The molecule has 6 heteroatoms. The maximum absolute atomic E-state index is 12.4. The molecule has 0 spiro atoms. The van der Waals surface area contributed by atoms with Gasteiger partial charge in [-0.2, -0.15) is 0 Å². The van der Waals surface area contributed by atoms with E-state index in [-0.39, 0.29) is 5.91 Å². The van der Waals surface area contributed by atoms with E-state index in [1.165, 1.54) is 16.0 Å². The van der Waals surface area contributed by atoms with Gasteiger partial charge in [0.25, 0.3) is 5.91 Å². The summed E-state index contributed by atoms with van der Waals surface area (Å²) in [5.41, 5.74) is 1.08. The molecule has 118 valence electrons. The summed E-state index contributed by atoms with van der Waals surface area (Å²) in [5, 5.41) is 3.11. The molecule has 0 N–H and O–H groups in total. The van der Waals surface area contributed by atoms with Gasteiger partial charge in [0.05, 0.1) is 21.6 Å². The van der Waals surface area contributed by atoms with Crippen LogP contribution in [0.25, 0.3) is 10.2 Å². The molecule has 3 heterocycles. The van der Waals surface area contributed by atoms with Crippen LogP contribution in [0, 0.1) is 0 Å². The standard InChI is InChI=1S/C17H17N3OS2/c21-17(15-6-3-11-22-15)20-9-7-19(8-10-20)12-16-18-13-4-1-2-5-14(13)23-16/h1-6,11H,7-10,12H2. The number of piperazine rings is 1. The van der Waals surface area contributed by atoms with Crippen LogP contribution in [-0.2, 0) is 6.54 Å². The Labute approximate surface area is 143 Å². The largest absolute Gasteiger partial charge is 0.335 e. The second-order valence-electron chi connectivity index (χ2n) is 5.62. The van der Waals surface area contributed by atoms with E-state index in [1.807, 2.05) is 28.5 Å². The van der Waals surface area contributed by atoms with E-state index in [2.05, 4.69) is 23.1 Å². The zero-order valence-electron chi connectivity index (χ0n) is 12.6. The maximum Gasteiger partial charge on any atom is 0.264 e. The van der Waals surface area contributed by atoms with Gasteiger partial charge in [0.1, 0.15) is 5.01 Å². The summed E-state index contributed by atoms with van der Waals surface area (Å²) in [5.74, 6) is 0.166. The minimum Gasteiger partial charge on any atom is -0.335 e. The number of thiophene rings is 1. The third-order valence-electron chi connectivity index (χ3n) is 4.09. The van der Waals surface area contributed by atoms with Crippen LogP contribution in [-0.4, -0.2) is 46.9 Å². The molecular weight excluding hydrogens is 326 g/mol. The first-order valence-electron chi connectivity index (χ1n) is 7.69. The Kier molecular flexibility index (Phi) is 4.11. The van der Waals surface area contributed by atoms with Crippen molar-refractivity contribution < 1.29 is 4.79 Å². The molecule has 3 aromatic rings. The molecule has 2 aromatic heterocycles. The van der Waals surface area contributed by atoms with Gasteiger partial charge in [-0.3, -0.25) is 9.69 Å². The molecular formula is C17H17N3OS2.